The molecule has 0 aliphatic heterocycles. The molecule has 1 aromatic heterocycles. The maximum absolute atomic E-state index is 4.49. The molecule has 1 N–H and O–H groups in total. The number of anilines is 1. The van der Waals surface area contributed by atoms with Crippen LogP contribution in [0.5, 0.6) is 0 Å². The molecule has 4 heteroatoms. The summed E-state index contributed by atoms with van der Waals surface area (Å²) in [5.74, 6) is 2.65. The topological polar surface area (TPSA) is 37.8 Å². The van der Waals surface area contributed by atoms with Crippen LogP contribution in [0.2, 0.25) is 0 Å². The minimum atomic E-state index is 0.811. The van der Waals surface area contributed by atoms with Gasteiger partial charge in [-0.05, 0) is 33.3 Å². The monoisotopic (exact) mass is 287 g/mol. The van der Waals surface area contributed by atoms with Crippen molar-refractivity contribution in [1.29, 1.82) is 0 Å². The zero-order chi connectivity index (χ0) is 14.5. The molecule has 0 radical (unpaired) electrons. The summed E-state index contributed by atoms with van der Waals surface area (Å²) in [6, 6.07) is 8.69. The smallest absolute Gasteiger partial charge is 0.130 e. The van der Waals surface area contributed by atoms with E-state index in [0.29, 0.717) is 0 Å². The van der Waals surface area contributed by atoms with Gasteiger partial charge >= 0.3 is 0 Å². The predicted molar refractivity (Wildman–Crippen MR) is 86.4 cm³/mol. The normalized spacial score (nSPS) is 10.6. The van der Waals surface area contributed by atoms with Crippen molar-refractivity contribution in [2.24, 2.45) is 0 Å². The molecule has 0 spiro atoms. The summed E-state index contributed by atoms with van der Waals surface area (Å²) in [7, 11) is 0. The molecule has 0 aliphatic carbocycles. The highest BCUT2D eigenvalue weighted by molar-refractivity contribution is 7.98. The van der Waals surface area contributed by atoms with Gasteiger partial charge in [0.2, 0.25) is 0 Å². The van der Waals surface area contributed by atoms with Gasteiger partial charge in [-0.1, -0.05) is 29.3 Å². The molecule has 2 rings (SSSR count). The van der Waals surface area contributed by atoms with Gasteiger partial charge < -0.3 is 5.32 Å². The zero-order valence-corrected chi connectivity index (χ0v) is 13.3. The summed E-state index contributed by atoms with van der Waals surface area (Å²) in [5.41, 5.74) is 3.97. The lowest BCUT2D eigenvalue weighted by Gasteiger charge is -2.08. The first kappa shape index (κ1) is 14.9. The Hall–Kier alpha value is -1.55. The largest absolute Gasteiger partial charge is 0.370 e. The van der Waals surface area contributed by atoms with Crippen LogP contribution >= 0.6 is 11.8 Å². The first-order valence-corrected chi connectivity index (χ1v) is 7.85. The Balaban J connectivity index is 2.10. The van der Waals surface area contributed by atoms with Gasteiger partial charge in [0.15, 0.2) is 0 Å². The Bertz CT molecular complexity index is 576. The number of thioether (sulfide) groups is 1. The average molecular weight is 287 g/mol. The lowest BCUT2D eigenvalue weighted by molar-refractivity contribution is 0.960. The number of nitrogens with one attached hydrogen (secondary N) is 1. The van der Waals surface area contributed by atoms with Crippen molar-refractivity contribution in [1.82, 2.24) is 9.97 Å². The van der Waals surface area contributed by atoms with E-state index in [-0.39, 0.29) is 0 Å². The number of hydrogen-bond acceptors (Lipinski definition) is 4. The number of aryl methyl sites for hydroxylation is 3. The third-order valence-electron chi connectivity index (χ3n) is 2.84. The molecule has 106 valence electrons. The highest BCUT2D eigenvalue weighted by atomic mass is 32.2. The van der Waals surface area contributed by atoms with E-state index in [1.807, 2.05) is 13.0 Å². The molecule has 0 aliphatic rings. The summed E-state index contributed by atoms with van der Waals surface area (Å²) >= 11 is 1.75. The molecule has 0 fully saturated rings. The maximum atomic E-state index is 4.49. The fraction of sp³-hybridized carbons (Fsp3) is 0.375. The second kappa shape index (κ2) is 6.75. The van der Waals surface area contributed by atoms with Crippen LogP contribution in [0.4, 0.5) is 5.82 Å². The summed E-state index contributed by atoms with van der Waals surface area (Å²) < 4.78 is 0. The summed E-state index contributed by atoms with van der Waals surface area (Å²) in [5, 5.41) is 4.26. The molecule has 1 heterocycles. The van der Waals surface area contributed by atoms with Gasteiger partial charge in [-0.15, -0.1) is 11.8 Å². The molecule has 0 saturated carbocycles. The van der Waals surface area contributed by atoms with Crippen molar-refractivity contribution in [2.45, 2.75) is 38.5 Å². The number of nitrogens with zero attached hydrogens (tertiary/aromatic N) is 2. The van der Waals surface area contributed by atoms with E-state index in [2.05, 4.69) is 54.3 Å². The van der Waals surface area contributed by atoms with Gasteiger partial charge in [0.25, 0.3) is 0 Å². The Morgan fingerprint density at radius 2 is 1.70 bits per heavy atom. The van der Waals surface area contributed by atoms with E-state index in [9.17, 15) is 0 Å². The number of benzene rings is 1. The molecule has 20 heavy (non-hydrogen) atoms. The minimum Gasteiger partial charge on any atom is -0.370 e. The fourth-order valence-corrected chi connectivity index (χ4v) is 3.07. The molecule has 3 nitrogen and oxygen atoms in total. The van der Waals surface area contributed by atoms with Crippen LogP contribution in [0, 0.1) is 20.8 Å². The zero-order valence-electron chi connectivity index (χ0n) is 12.5. The van der Waals surface area contributed by atoms with Crippen LogP contribution < -0.4 is 5.32 Å². The van der Waals surface area contributed by atoms with Crippen molar-refractivity contribution in [3.05, 3.63) is 46.8 Å². The lowest BCUT2D eigenvalue weighted by Crippen LogP contribution is -2.02. The summed E-state index contributed by atoms with van der Waals surface area (Å²) in [6.45, 7) is 9.15. The molecule has 0 bridgehead atoms. The van der Waals surface area contributed by atoms with E-state index >= 15 is 0 Å². The van der Waals surface area contributed by atoms with Crippen LogP contribution in [-0.2, 0) is 5.75 Å². The molecule has 0 amide bonds. The molecular weight excluding hydrogens is 266 g/mol. The lowest BCUT2D eigenvalue weighted by atomic mass is 10.1. The van der Waals surface area contributed by atoms with Gasteiger partial charge in [0.05, 0.1) is 0 Å². The molecule has 0 unspecified atom stereocenters. The third-order valence-corrected chi connectivity index (χ3v) is 3.82. The highest BCUT2D eigenvalue weighted by Crippen LogP contribution is 2.24. The molecule has 2 aromatic rings. The van der Waals surface area contributed by atoms with E-state index in [4.69, 9.17) is 0 Å². The Labute approximate surface area is 125 Å². The Kier molecular flexibility index (Phi) is 5.01. The molecular formula is C16H21N3S. The van der Waals surface area contributed by atoms with Gasteiger partial charge in [0.1, 0.15) is 16.7 Å². The third kappa shape index (κ3) is 4.23. The van der Waals surface area contributed by atoms with Gasteiger partial charge in [-0.2, -0.15) is 0 Å². The van der Waals surface area contributed by atoms with Crippen molar-refractivity contribution in [3.8, 4) is 0 Å². The number of rotatable bonds is 5. The van der Waals surface area contributed by atoms with Gasteiger partial charge in [-0.3, -0.25) is 0 Å². The van der Waals surface area contributed by atoms with Crippen molar-refractivity contribution >= 4 is 17.6 Å². The highest BCUT2D eigenvalue weighted by Gasteiger charge is 2.03. The first-order chi connectivity index (χ1) is 9.56. The Morgan fingerprint density at radius 1 is 1.00 bits per heavy atom. The predicted octanol–water partition coefficient (Wildman–Crippen LogP) is 4.13. The van der Waals surface area contributed by atoms with Crippen LogP contribution in [-0.4, -0.2) is 16.5 Å². The van der Waals surface area contributed by atoms with Crippen LogP contribution in [0.15, 0.2) is 29.3 Å². The van der Waals surface area contributed by atoms with E-state index in [0.717, 1.165) is 29.0 Å². The van der Waals surface area contributed by atoms with E-state index < -0.39 is 0 Å². The van der Waals surface area contributed by atoms with Crippen LogP contribution in [0.1, 0.15) is 29.4 Å². The first-order valence-electron chi connectivity index (χ1n) is 6.86. The van der Waals surface area contributed by atoms with Crippen molar-refractivity contribution in [3.63, 3.8) is 0 Å². The molecule has 0 atom stereocenters. The standard InChI is InChI=1S/C16H21N3S/c1-5-17-15-9-16(19-13(4)18-15)20-10-14-7-11(2)6-12(3)8-14/h6-9H,5,10H2,1-4H3,(H,17,18,19). The van der Waals surface area contributed by atoms with E-state index in [1.54, 1.807) is 11.8 Å². The second-order valence-corrected chi connectivity index (χ2v) is 5.95. The van der Waals surface area contributed by atoms with Gasteiger partial charge in [0, 0.05) is 18.4 Å². The van der Waals surface area contributed by atoms with Crippen molar-refractivity contribution in [2.75, 3.05) is 11.9 Å². The minimum absolute atomic E-state index is 0.811. The quantitative estimate of drug-likeness (QED) is 0.663. The van der Waals surface area contributed by atoms with Crippen LogP contribution in [0.3, 0.4) is 0 Å². The number of hydrogen-bond donors (Lipinski definition) is 1. The average Bonchev–Trinajstić information content (AvgIpc) is 2.35. The summed E-state index contributed by atoms with van der Waals surface area (Å²) in [4.78, 5) is 8.86. The van der Waals surface area contributed by atoms with Crippen molar-refractivity contribution < 1.29 is 0 Å². The van der Waals surface area contributed by atoms with Crippen LogP contribution in [0.25, 0.3) is 0 Å². The SMILES string of the molecule is CCNc1cc(SCc2cc(C)cc(C)c2)nc(C)n1. The maximum Gasteiger partial charge on any atom is 0.130 e. The number of aromatic nitrogens is 2. The fourth-order valence-electron chi connectivity index (χ4n) is 2.20. The Morgan fingerprint density at radius 3 is 2.35 bits per heavy atom. The molecule has 0 saturated heterocycles. The van der Waals surface area contributed by atoms with Gasteiger partial charge in [-0.25, -0.2) is 9.97 Å². The second-order valence-electron chi connectivity index (χ2n) is 4.95. The van der Waals surface area contributed by atoms with E-state index in [1.165, 1.54) is 16.7 Å². The molecule has 1 aromatic carbocycles. The summed E-state index contributed by atoms with van der Waals surface area (Å²) in [6.07, 6.45) is 0.